The quantitative estimate of drug-likeness (QED) is 0.697. The van der Waals surface area contributed by atoms with Crippen molar-refractivity contribution in [3.05, 3.63) is 0 Å². The Morgan fingerprint density at radius 1 is 1.47 bits per heavy atom. The highest BCUT2D eigenvalue weighted by molar-refractivity contribution is 7.98. The normalized spacial score (nSPS) is 11.9. The van der Waals surface area contributed by atoms with E-state index in [0.29, 0.717) is 13.0 Å². The summed E-state index contributed by atoms with van der Waals surface area (Å²) in [5.41, 5.74) is 0. The van der Waals surface area contributed by atoms with E-state index in [1.807, 2.05) is 13.2 Å². The second-order valence-corrected chi connectivity index (χ2v) is 4.88. The van der Waals surface area contributed by atoms with Crippen molar-refractivity contribution in [3.63, 3.8) is 0 Å². The second-order valence-electron chi connectivity index (χ2n) is 3.90. The Bertz CT molecular complexity index is 249. The van der Waals surface area contributed by atoms with Gasteiger partial charge in [0, 0.05) is 19.3 Å². The molecule has 0 unspecified atom stereocenters. The Kier molecular flexibility index (Phi) is 8.66. The molecule has 2 N–H and O–H groups in total. The number of nitrogens with zero attached hydrogens (tertiary/aromatic N) is 1. The summed E-state index contributed by atoms with van der Waals surface area (Å²) >= 11 is 1.65. The number of carbonyl (C=O) groups excluding carboxylic acids is 1. The van der Waals surface area contributed by atoms with Crippen LogP contribution in [0.15, 0.2) is 0 Å². The zero-order chi connectivity index (χ0) is 13.3. The van der Waals surface area contributed by atoms with Gasteiger partial charge in [0.25, 0.3) is 0 Å². The van der Waals surface area contributed by atoms with E-state index in [2.05, 4.69) is 5.32 Å². The zero-order valence-corrected chi connectivity index (χ0v) is 11.5. The molecule has 17 heavy (non-hydrogen) atoms. The summed E-state index contributed by atoms with van der Waals surface area (Å²) in [6.07, 6.45) is 4.16. The highest BCUT2D eigenvalue weighted by Gasteiger charge is 2.20. The van der Waals surface area contributed by atoms with E-state index in [1.165, 1.54) is 4.90 Å². The molecule has 0 aromatic rings. The van der Waals surface area contributed by atoms with Gasteiger partial charge in [-0.1, -0.05) is 19.8 Å². The van der Waals surface area contributed by atoms with Crippen LogP contribution in [-0.4, -0.2) is 53.6 Å². The number of carboxylic acid groups (broad SMARTS) is 1. The summed E-state index contributed by atoms with van der Waals surface area (Å²) in [4.78, 5) is 24.1. The van der Waals surface area contributed by atoms with Crippen molar-refractivity contribution in [2.45, 2.75) is 32.2 Å². The van der Waals surface area contributed by atoms with E-state index in [9.17, 15) is 9.59 Å². The lowest BCUT2D eigenvalue weighted by atomic mass is 10.1. The molecular formula is C11H22N2O3S. The van der Waals surface area contributed by atoms with Crippen molar-refractivity contribution in [1.82, 2.24) is 10.2 Å². The molecule has 0 fully saturated rings. The monoisotopic (exact) mass is 262 g/mol. The van der Waals surface area contributed by atoms with Crippen LogP contribution in [0, 0.1) is 0 Å². The van der Waals surface area contributed by atoms with E-state index in [-0.39, 0.29) is 6.03 Å². The third kappa shape index (κ3) is 7.10. The fourth-order valence-corrected chi connectivity index (χ4v) is 1.71. The van der Waals surface area contributed by atoms with Gasteiger partial charge in [0.1, 0.15) is 6.04 Å². The smallest absolute Gasteiger partial charge is 0.326 e. The van der Waals surface area contributed by atoms with Crippen LogP contribution in [-0.2, 0) is 4.79 Å². The number of carbonyl (C=O) groups is 2. The minimum Gasteiger partial charge on any atom is -0.480 e. The van der Waals surface area contributed by atoms with Gasteiger partial charge in [-0.05, 0) is 12.7 Å². The number of carboxylic acids is 1. The second kappa shape index (κ2) is 9.15. The summed E-state index contributed by atoms with van der Waals surface area (Å²) in [5.74, 6) is -0.124. The van der Waals surface area contributed by atoms with Crippen LogP contribution in [0.3, 0.4) is 0 Å². The lowest BCUT2D eigenvalue weighted by Crippen LogP contribution is -2.47. The van der Waals surface area contributed by atoms with Gasteiger partial charge in [-0.2, -0.15) is 11.8 Å². The molecule has 1 atom stereocenters. The number of nitrogens with one attached hydrogen (secondary N) is 1. The zero-order valence-electron chi connectivity index (χ0n) is 10.7. The Morgan fingerprint density at radius 2 is 2.12 bits per heavy atom. The molecule has 0 saturated heterocycles. The highest BCUT2D eigenvalue weighted by atomic mass is 32.2. The third-order valence-electron chi connectivity index (χ3n) is 2.42. The standard InChI is InChI=1S/C11H22N2O3S/c1-4-5-6-9(10(14)15)12-11(16)13(2)7-8-17-3/h9H,4-8H2,1-3H3,(H,12,16)(H,14,15)/t9-/m0/s1. The van der Waals surface area contributed by atoms with Crippen LogP contribution in [0.2, 0.25) is 0 Å². The van der Waals surface area contributed by atoms with Gasteiger partial charge in [-0.3, -0.25) is 0 Å². The highest BCUT2D eigenvalue weighted by Crippen LogP contribution is 2.02. The lowest BCUT2D eigenvalue weighted by Gasteiger charge is -2.21. The van der Waals surface area contributed by atoms with Crippen LogP contribution in [0.5, 0.6) is 0 Å². The van der Waals surface area contributed by atoms with Crippen molar-refractivity contribution in [3.8, 4) is 0 Å². The molecule has 0 aliphatic rings. The molecule has 0 aromatic carbocycles. The SMILES string of the molecule is CCCC[C@H](NC(=O)N(C)CCSC)C(=O)O. The average molecular weight is 262 g/mol. The molecule has 0 aliphatic heterocycles. The number of hydrogen-bond donors (Lipinski definition) is 2. The number of unbranched alkanes of at least 4 members (excludes halogenated alkanes) is 1. The molecule has 2 amide bonds. The van der Waals surface area contributed by atoms with E-state index in [4.69, 9.17) is 5.11 Å². The minimum atomic E-state index is -0.968. The van der Waals surface area contributed by atoms with Gasteiger partial charge >= 0.3 is 12.0 Å². The largest absolute Gasteiger partial charge is 0.480 e. The first-order valence-electron chi connectivity index (χ1n) is 5.76. The predicted octanol–water partition coefficient (Wildman–Crippen LogP) is 1.63. The maximum Gasteiger partial charge on any atom is 0.326 e. The summed E-state index contributed by atoms with van der Waals surface area (Å²) < 4.78 is 0. The first kappa shape index (κ1) is 16.1. The molecule has 0 spiro atoms. The molecule has 5 nitrogen and oxygen atoms in total. The Morgan fingerprint density at radius 3 is 2.59 bits per heavy atom. The van der Waals surface area contributed by atoms with Crippen molar-refractivity contribution < 1.29 is 14.7 Å². The molecule has 0 saturated carbocycles. The Balaban J connectivity index is 4.15. The Labute approximate surface area is 107 Å². The molecule has 0 aromatic heterocycles. The minimum absolute atomic E-state index is 0.317. The number of urea groups is 1. The first-order valence-corrected chi connectivity index (χ1v) is 7.15. The van der Waals surface area contributed by atoms with E-state index in [1.54, 1.807) is 18.8 Å². The third-order valence-corrected chi connectivity index (χ3v) is 3.01. The summed E-state index contributed by atoms with van der Waals surface area (Å²) in [7, 11) is 1.67. The number of aliphatic carboxylic acids is 1. The van der Waals surface area contributed by atoms with Crippen LogP contribution >= 0.6 is 11.8 Å². The summed E-state index contributed by atoms with van der Waals surface area (Å²) in [5, 5.41) is 11.5. The van der Waals surface area contributed by atoms with Crippen molar-refractivity contribution in [1.29, 1.82) is 0 Å². The van der Waals surface area contributed by atoms with Crippen LogP contribution in [0.25, 0.3) is 0 Å². The fourth-order valence-electron chi connectivity index (χ4n) is 1.25. The van der Waals surface area contributed by atoms with Crippen LogP contribution in [0.1, 0.15) is 26.2 Å². The van der Waals surface area contributed by atoms with Gasteiger partial charge < -0.3 is 15.3 Å². The van der Waals surface area contributed by atoms with Gasteiger partial charge in [0.15, 0.2) is 0 Å². The number of thioether (sulfide) groups is 1. The Hall–Kier alpha value is -0.910. The molecule has 6 heteroatoms. The maximum atomic E-state index is 11.7. The average Bonchev–Trinajstić information content (AvgIpc) is 2.30. The van der Waals surface area contributed by atoms with Gasteiger partial charge in [0.2, 0.25) is 0 Å². The van der Waals surface area contributed by atoms with Gasteiger partial charge in [-0.25, -0.2) is 9.59 Å². The number of hydrogen-bond acceptors (Lipinski definition) is 3. The topological polar surface area (TPSA) is 69.6 Å². The molecule has 0 radical (unpaired) electrons. The summed E-state index contributed by atoms with van der Waals surface area (Å²) in [6.45, 7) is 2.61. The molecule has 0 aliphatic carbocycles. The molecule has 0 heterocycles. The molecule has 100 valence electrons. The molecule has 0 rings (SSSR count). The van der Waals surface area contributed by atoms with E-state index >= 15 is 0 Å². The van der Waals surface area contributed by atoms with Crippen molar-refractivity contribution in [2.75, 3.05) is 25.6 Å². The number of rotatable bonds is 8. The predicted molar refractivity (Wildman–Crippen MR) is 70.5 cm³/mol. The van der Waals surface area contributed by atoms with E-state index < -0.39 is 12.0 Å². The van der Waals surface area contributed by atoms with Crippen molar-refractivity contribution in [2.24, 2.45) is 0 Å². The number of amides is 2. The van der Waals surface area contributed by atoms with Crippen LogP contribution < -0.4 is 5.32 Å². The maximum absolute atomic E-state index is 11.7. The summed E-state index contributed by atoms with van der Waals surface area (Å²) in [6, 6.07) is -1.10. The van der Waals surface area contributed by atoms with E-state index in [0.717, 1.165) is 18.6 Å². The molecule has 0 bridgehead atoms. The molecular weight excluding hydrogens is 240 g/mol. The fraction of sp³-hybridized carbons (Fsp3) is 0.818. The first-order chi connectivity index (χ1) is 8.02. The van der Waals surface area contributed by atoms with Crippen molar-refractivity contribution >= 4 is 23.8 Å². The van der Waals surface area contributed by atoms with Gasteiger partial charge in [-0.15, -0.1) is 0 Å². The van der Waals surface area contributed by atoms with Gasteiger partial charge in [0.05, 0.1) is 0 Å². The van der Waals surface area contributed by atoms with Crippen LogP contribution in [0.4, 0.5) is 4.79 Å². The lowest BCUT2D eigenvalue weighted by molar-refractivity contribution is -0.139.